The van der Waals surface area contributed by atoms with Gasteiger partial charge in [-0.05, 0) is 66.4 Å². The molecule has 1 saturated carbocycles. The van der Waals surface area contributed by atoms with Gasteiger partial charge in [-0.25, -0.2) is 4.39 Å². The summed E-state index contributed by atoms with van der Waals surface area (Å²) >= 11 is 3.10. The first-order valence-corrected chi connectivity index (χ1v) is 13.2. The number of ether oxygens (including phenoxy) is 1. The average Bonchev–Trinajstić information content (AvgIpc) is 3.54. The van der Waals surface area contributed by atoms with Crippen LogP contribution in [0.15, 0.2) is 64.2 Å². The predicted octanol–water partition coefficient (Wildman–Crippen LogP) is 6.03. The molecule has 5 nitrogen and oxygen atoms in total. The van der Waals surface area contributed by atoms with Gasteiger partial charge in [0.1, 0.15) is 5.82 Å². The number of rotatable bonds is 7. The van der Waals surface area contributed by atoms with Crippen LogP contribution in [0.3, 0.4) is 0 Å². The SMILES string of the molecule is COC(=O)[C@H]1CC[C@H](N(C)c2cc(NC(=O)c3ccsc3)ccc2SC)[C@@H]1c1ccc(F)cc1. The molecule has 1 heterocycles. The van der Waals surface area contributed by atoms with Gasteiger partial charge in [-0.15, -0.1) is 11.8 Å². The number of hydrogen-bond donors (Lipinski definition) is 1. The van der Waals surface area contributed by atoms with E-state index in [9.17, 15) is 14.0 Å². The summed E-state index contributed by atoms with van der Waals surface area (Å²) in [6.45, 7) is 0. The number of halogens is 1. The lowest BCUT2D eigenvalue weighted by atomic mass is 9.86. The van der Waals surface area contributed by atoms with Crippen molar-refractivity contribution in [3.63, 3.8) is 0 Å². The quantitative estimate of drug-likeness (QED) is 0.318. The van der Waals surface area contributed by atoms with E-state index < -0.39 is 0 Å². The highest BCUT2D eigenvalue weighted by atomic mass is 32.2. The Balaban J connectivity index is 1.66. The van der Waals surface area contributed by atoms with Crippen molar-refractivity contribution in [2.75, 3.05) is 30.6 Å². The maximum atomic E-state index is 13.6. The molecule has 8 heteroatoms. The molecule has 3 aromatic rings. The van der Waals surface area contributed by atoms with E-state index in [0.717, 1.165) is 22.6 Å². The lowest BCUT2D eigenvalue weighted by Gasteiger charge is -2.34. The molecule has 1 aromatic heterocycles. The highest BCUT2D eigenvalue weighted by molar-refractivity contribution is 7.98. The molecule has 0 aliphatic heterocycles. The van der Waals surface area contributed by atoms with E-state index in [2.05, 4.69) is 10.2 Å². The lowest BCUT2D eigenvalue weighted by Crippen LogP contribution is -2.37. The highest BCUT2D eigenvalue weighted by Gasteiger charge is 2.44. The molecular formula is C26H27FN2O3S2. The van der Waals surface area contributed by atoms with Gasteiger partial charge in [-0.2, -0.15) is 11.3 Å². The second kappa shape index (κ2) is 10.6. The summed E-state index contributed by atoms with van der Waals surface area (Å²) in [5.74, 6) is -1.14. The van der Waals surface area contributed by atoms with Crippen LogP contribution in [-0.2, 0) is 9.53 Å². The predicted molar refractivity (Wildman–Crippen MR) is 137 cm³/mol. The van der Waals surface area contributed by atoms with Crippen LogP contribution in [0.25, 0.3) is 0 Å². The number of amides is 1. The number of nitrogens with zero attached hydrogens (tertiary/aromatic N) is 1. The molecule has 0 saturated heterocycles. The van der Waals surface area contributed by atoms with Gasteiger partial charge in [-0.3, -0.25) is 9.59 Å². The van der Waals surface area contributed by atoms with Crippen molar-refractivity contribution in [1.29, 1.82) is 0 Å². The second-order valence-electron chi connectivity index (χ2n) is 8.32. The van der Waals surface area contributed by atoms with Crippen LogP contribution in [0.4, 0.5) is 15.8 Å². The number of hydrogen-bond acceptors (Lipinski definition) is 6. The Morgan fingerprint density at radius 2 is 1.91 bits per heavy atom. The van der Waals surface area contributed by atoms with Crippen molar-refractivity contribution < 1.29 is 18.7 Å². The second-order valence-corrected chi connectivity index (χ2v) is 9.94. The minimum absolute atomic E-state index is 0.00304. The molecule has 0 unspecified atom stereocenters. The first kappa shape index (κ1) is 24.3. The molecule has 178 valence electrons. The summed E-state index contributed by atoms with van der Waals surface area (Å²) in [5, 5.41) is 6.67. The van der Waals surface area contributed by atoms with E-state index in [-0.39, 0.29) is 35.6 Å². The Kier molecular flexibility index (Phi) is 7.58. The number of carbonyl (C=O) groups excluding carboxylic acids is 2. The van der Waals surface area contributed by atoms with Crippen LogP contribution in [0.2, 0.25) is 0 Å². The third kappa shape index (κ3) is 4.98. The molecule has 2 aromatic carbocycles. The minimum atomic E-state index is -0.306. The number of esters is 1. The summed E-state index contributed by atoms with van der Waals surface area (Å²) < 4.78 is 18.7. The molecule has 0 bridgehead atoms. The third-order valence-electron chi connectivity index (χ3n) is 6.48. The largest absolute Gasteiger partial charge is 0.469 e. The van der Waals surface area contributed by atoms with E-state index in [0.29, 0.717) is 17.7 Å². The molecule has 0 radical (unpaired) electrons. The smallest absolute Gasteiger partial charge is 0.309 e. The summed E-state index contributed by atoms with van der Waals surface area (Å²) in [7, 11) is 3.42. The van der Waals surface area contributed by atoms with Crippen LogP contribution in [0.5, 0.6) is 0 Å². The summed E-state index contributed by atoms with van der Waals surface area (Å²) in [6, 6.07) is 14.1. The number of methoxy groups -OCH3 is 1. The average molecular weight is 499 g/mol. The van der Waals surface area contributed by atoms with Gasteiger partial charge < -0.3 is 15.0 Å². The van der Waals surface area contributed by atoms with Crippen molar-refractivity contribution in [3.05, 3.63) is 76.2 Å². The fourth-order valence-corrected chi connectivity index (χ4v) is 6.04. The Morgan fingerprint density at radius 1 is 1.15 bits per heavy atom. The fraction of sp³-hybridized carbons (Fsp3) is 0.308. The number of benzene rings is 2. The van der Waals surface area contributed by atoms with Gasteiger partial charge in [-0.1, -0.05) is 12.1 Å². The molecule has 4 rings (SSSR count). The van der Waals surface area contributed by atoms with E-state index >= 15 is 0 Å². The number of carbonyl (C=O) groups is 2. The molecular weight excluding hydrogens is 471 g/mol. The lowest BCUT2D eigenvalue weighted by molar-refractivity contribution is -0.145. The summed E-state index contributed by atoms with van der Waals surface area (Å²) in [5.41, 5.74) is 3.22. The number of thiophene rings is 1. The molecule has 1 N–H and O–H groups in total. The van der Waals surface area contributed by atoms with Crippen LogP contribution in [0, 0.1) is 11.7 Å². The van der Waals surface area contributed by atoms with E-state index in [1.807, 2.05) is 42.3 Å². The molecule has 0 spiro atoms. The van der Waals surface area contributed by atoms with Gasteiger partial charge in [0.25, 0.3) is 5.91 Å². The number of likely N-dealkylation sites (N-methyl/N-ethyl adjacent to an activating group) is 1. The number of thioether (sulfide) groups is 1. The van der Waals surface area contributed by atoms with E-state index in [1.54, 1.807) is 30.0 Å². The van der Waals surface area contributed by atoms with Gasteiger partial charge >= 0.3 is 5.97 Å². The van der Waals surface area contributed by atoms with Crippen molar-refractivity contribution in [2.24, 2.45) is 5.92 Å². The van der Waals surface area contributed by atoms with Crippen molar-refractivity contribution >= 4 is 46.3 Å². The maximum absolute atomic E-state index is 13.6. The zero-order valence-corrected chi connectivity index (χ0v) is 20.9. The Labute approximate surface area is 207 Å². The van der Waals surface area contributed by atoms with Crippen LogP contribution < -0.4 is 10.2 Å². The zero-order valence-electron chi connectivity index (χ0n) is 19.3. The normalized spacial score (nSPS) is 19.6. The minimum Gasteiger partial charge on any atom is -0.469 e. The standard InChI is InChI=1S/C26H27FN2O3S2/c1-29(21-10-9-20(26(31)32-2)24(21)16-4-6-18(27)7-5-16)22-14-19(8-11-23(22)33-3)28-25(30)17-12-13-34-15-17/h4-8,11-15,20-21,24H,9-10H2,1-3H3,(H,28,30)/t20-,21-,24+/m0/s1. The monoisotopic (exact) mass is 498 g/mol. The van der Waals surface area contributed by atoms with Gasteiger partial charge in [0.15, 0.2) is 0 Å². The Hall–Kier alpha value is -2.84. The van der Waals surface area contributed by atoms with Crippen molar-refractivity contribution in [2.45, 2.75) is 29.7 Å². The van der Waals surface area contributed by atoms with Crippen LogP contribution in [-0.4, -0.2) is 38.3 Å². The van der Waals surface area contributed by atoms with Crippen LogP contribution in [0.1, 0.15) is 34.7 Å². The first-order valence-electron chi connectivity index (χ1n) is 11.0. The maximum Gasteiger partial charge on any atom is 0.309 e. The molecule has 1 aliphatic carbocycles. The highest BCUT2D eigenvalue weighted by Crippen LogP contribution is 2.45. The van der Waals surface area contributed by atoms with Gasteiger partial charge in [0, 0.05) is 35.0 Å². The fourth-order valence-electron chi connectivity index (χ4n) is 4.79. The van der Waals surface area contributed by atoms with E-state index in [4.69, 9.17) is 4.74 Å². The summed E-state index contributed by atoms with van der Waals surface area (Å²) in [6.07, 6.45) is 3.49. The van der Waals surface area contributed by atoms with Gasteiger partial charge in [0.05, 0.1) is 24.3 Å². The van der Waals surface area contributed by atoms with Crippen LogP contribution >= 0.6 is 23.1 Å². The Morgan fingerprint density at radius 3 is 2.56 bits per heavy atom. The third-order valence-corrected chi connectivity index (χ3v) is 7.95. The molecule has 3 atom stereocenters. The topological polar surface area (TPSA) is 58.6 Å². The summed E-state index contributed by atoms with van der Waals surface area (Å²) in [4.78, 5) is 28.4. The van der Waals surface area contributed by atoms with Gasteiger partial charge in [0.2, 0.25) is 0 Å². The number of nitrogens with one attached hydrogen (secondary N) is 1. The van der Waals surface area contributed by atoms with E-state index in [1.165, 1.54) is 30.6 Å². The molecule has 34 heavy (non-hydrogen) atoms. The number of anilines is 2. The molecule has 1 aliphatic rings. The Bertz CT molecular complexity index is 1150. The van der Waals surface area contributed by atoms with Crippen molar-refractivity contribution in [1.82, 2.24) is 0 Å². The first-order chi connectivity index (χ1) is 16.4. The molecule has 1 amide bonds. The van der Waals surface area contributed by atoms with Crippen molar-refractivity contribution in [3.8, 4) is 0 Å². The zero-order chi connectivity index (χ0) is 24.2. The molecule has 1 fully saturated rings.